The molecule has 0 aliphatic rings. The zero-order valence-electron chi connectivity index (χ0n) is 17.2. The first-order valence-electron chi connectivity index (χ1n) is 9.67. The SMILES string of the molecule is Cc1ccc(S(=O)(=O)N(CC(=O)NCc2ccccc2Cl)Cc2ccc(Cl)cc2Cl)cc1. The number of nitrogens with zero attached hydrogens (tertiary/aromatic N) is 1. The Morgan fingerprint density at radius 1 is 0.906 bits per heavy atom. The number of halogens is 3. The first kappa shape index (κ1) is 24.6. The zero-order valence-corrected chi connectivity index (χ0v) is 20.3. The summed E-state index contributed by atoms with van der Waals surface area (Å²) in [6, 6.07) is 18.4. The van der Waals surface area contributed by atoms with Gasteiger partial charge in [-0.05, 0) is 48.4 Å². The fraction of sp³-hybridized carbons (Fsp3) is 0.174. The van der Waals surface area contributed by atoms with Gasteiger partial charge < -0.3 is 5.32 Å². The van der Waals surface area contributed by atoms with Gasteiger partial charge in [0, 0.05) is 28.2 Å². The second-order valence-corrected chi connectivity index (χ2v) is 10.4. The standard InChI is InChI=1S/C23H21Cl3N2O3S/c1-16-6-10-20(11-7-16)32(30,31)28(14-18-8-9-19(24)12-22(18)26)15-23(29)27-13-17-4-2-3-5-21(17)25/h2-12H,13-15H2,1H3,(H,27,29). The van der Waals surface area contributed by atoms with Crippen LogP contribution in [0.3, 0.4) is 0 Å². The van der Waals surface area contributed by atoms with Gasteiger partial charge in [0.15, 0.2) is 0 Å². The first-order chi connectivity index (χ1) is 15.2. The van der Waals surface area contributed by atoms with Gasteiger partial charge in [-0.1, -0.05) is 76.8 Å². The van der Waals surface area contributed by atoms with Gasteiger partial charge in [-0.2, -0.15) is 4.31 Å². The van der Waals surface area contributed by atoms with E-state index in [2.05, 4.69) is 5.32 Å². The first-order valence-corrected chi connectivity index (χ1v) is 12.2. The average Bonchev–Trinajstić information content (AvgIpc) is 2.74. The van der Waals surface area contributed by atoms with Crippen LogP contribution in [0.25, 0.3) is 0 Å². The summed E-state index contributed by atoms with van der Waals surface area (Å²) < 4.78 is 27.8. The Balaban J connectivity index is 1.84. The molecule has 0 bridgehead atoms. The van der Waals surface area contributed by atoms with Gasteiger partial charge in [-0.15, -0.1) is 0 Å². The maximum atomic E-state index is 13.3. The van der Waals surface area contributed by atoms with Crippen LogP contribution in [-0.2, 0) is 27.9 Å². The van der Waals surface area contributed by atoms with Crippen LogP contribution in [0.4, 0.5) is 0 Å². The van der Waals surface area contributed by atoms with E-state index < -0.39 is 15.9 Å². The van der Waals surface area contributed by atoms with Crippen molar-refractivity contribution in [3.8, 4) is 0 Å². The van der Waals surface area contributed by atoms with E-state index in [1.165, 1.54) is 18.2 Å². The third-order valence-electron chi connectivity index (χ3n) is 4.77. The van der Waals surface area contributed by atoms with Gasteiger partial charge in [0.1, 0.15) is 0 Å². The summed E-state index contributed by atoms with van der Waals surface area (Å²) in [4.78, 5) is 12.8. The summed E-state index contributed by atoms with van der Waals surface area (Å²) in [5.41, 5.74) is 2.19. The predicted octanol–water partition coefficient (Wildman–Crippen LogP) is 5.46. The Kier molecular flexibility index (Phi) is 8.20. The van der Waals surface area contributed by atoms with Gasteiger partial charge in [-0.25, -0.2) is 8.42 Å². The Labute approximate surface area is 203 Å². The van der Waals surface area contributed by atoms with E-state index in [1.807, 2.05) is 13.0 Å². The number of aryl methyl sites for hydroxylation is 1. The summed E-state index contributed by atoms with van der Waals surface area (Å²) in [5.74, 6) is -0.467. The van der Waals surface area contributed by atoms with Crippen LogP contribution in [0, 0.1) is 6.92 Å². The lowest BCUT2D eigenvalue weighted by Crippen LogP contribution is -2.40. The molecule has 0 spiro atoms. The molecular formula is C23H21Cl3N2O3S. The van der Waals surface area contributed by atoms with E-state index in [0.717, 1.165) is 15.4 Å². The highest BCUT2D eigenvalue weighted by Gasteiger charge is 2.27. The lowest BCUT2D eigenvalue weighted by Gasteiger charge is -2.23. The molecule has 3 aromatic carbocycles. The lowest BCUT2D eigenvalue weighted by atomic mass is 10.2. The van der Waals surface area contributed by atoms with Crippen LogP contribution in [0.2, 0.25) is 15.1 Å². The zero-order chi connectivity index (χ0) is 23.3. The van der Waals surface area contributed by atoms with Crippen LogP contribution in [-0.4, -0.2) is 25.2 Å². The van der Waals surface area contributed by atoms with Crippen LogP contribution >= 0.6 is 34.8 Å². The normalized spacial score (nSPS) is 11.5. The molecule has 32 heavy (non-hydrogen) atoms. The highest BCUT2D eigenvalue weighted by Crippen LogP contribution is 2.25. The van der Waals surface area contributed by atoms with Crippen molar-refractivity contribution < 1.29 is 13.2 Å². The number of rotatable bonds is 8. The van der Waals surface area contributed by atoms with Gasteiger partial charge in [0.2, 0.25) is 15.9 Å². The minimum Gasteiger partial charge on any atom is -0.351 e. The topological polar surface area (TPSA) is 66.5 Å². The van der Waals surface area contributed by atoms with Crippen molar-refractivity contribution in [3.63, 3.8) is 0 Å². The Morgan fingerprint density at radius 3 is 2.25 bits per heavy atom. The smallest absolute Gasteiger partial charge is 0.243 e. The van der Waals surface area contributed by atoms with Gasteiger partial charge >= 0.3 is 0 Å². The van der Waals surface area contributed by atoms with Gasteiger partial charge in [-0.3, -0.25) is 4.79 Å². The van der Waals surface area contributed by atoms with E-state index >= 15 is 0 Å². The van der Waals surface area contributed by atoms with Crippen LogP contribution in [0.5, 0.6) is 0 Å². The maximum Gasteiger partial charge on any atom is 0.243 e. The minimum atomic E-state index is -3.97. The largest absolute Gasteiger partial charge is 0.351 e. The molecule has 1 N–H and O–H groups in total. The molecule has 0 fully saturated rings. The number of hydrogen-bond donors (Lipinski definition) is 1. The molecule has 3 rings (SSSR count). The van der Waals surface area contributed by atoms with Crippen molar-refractivity contribution in [1.82, 2.24) is 9.62 Å². The third kappa shape index (κ3) is 6.24. The molecular weight excluding hydrogens is 491 g/mol. The molecule has 168 valence electrons. The monoisotopic (exact) mass is 510 g/mol. The van der Waals surface area contributed by atoms with Gasteiger partial charge in [0.25, 0.3) is 0 Å². The fourth-order valence-electron chi connectivity index (χ4n) is 2.98. The Hall–Kier alpha value is -2.09. The van der Waals surface area contributed by atoms with Crippen molar-refractivity contribution in [2.45, 2.75) is 24.9 Å². The molecule has 0 aliphatic carbocycles. The van der Waals surface area contributed by atoms with Gasteiger partial charge in [0.05, 0.1) is 11.4 Å². The Morgan fingerprint density at radius 2 is 1.59 bits per heavy atom. The number of sulfonamides is 1. The van der Waals surface area contributed by atoms with Crippen LogP contribution in [0.15, 0.2) is 71.6 Å². The van der Waals surface area contributed by atoms with Crippen molar-refractivity contribution in [1.29, 1.82) is 0 Å². The van der Waals surface area contributed by atoms with Crippen molar-refractivity contribution in [2.75, 3.05) is 6.54 Å². The number of nitrogens with one attached hydrogen (secondary N) is 1. The van der Waals surface area contributed by atoms with Crippen LogP contribution < -0.4 is 5.32 Å². The maximum absolute atomic E-state index is 13.3. The summed E-state index contributed by atoms with van der Waals surface area (Å²) in [7, 11) is -3.97. The summed E-state index contributed by atoms with van der Waals surface area (Å²) in [5, 5.41) is 4.00. The average molecular weight is 512 g/mol. The molecule has 0 saturated carbocycles. The molecule has 0 atom stereocenters. The van der Waals surface area contributed by atoms with E-state index in [1.54, 1.807) is 42.5 Å². The van der Waals surface area contributed by atoms with Crippen molar-refractivity contribution in [2.24, 2.45) is 0 Å². The summed E-state index contributed by atoms with van der Waals surface area (Å²) in [6.45, 7) is 1.56. The second-order valence-electron chi connectivity index (χ2n) is 7.19. The number of amides is 1. The highest BCUT2D eigenvalue weighted by atomic mass is 35.5. The van der Waals surface area contributed by atoms with Crippen LogP contribution in [0.1, 0.15) is 16.7 Å². The molecule has 1 amide bonds. The number of hydrogen-bond acceptors (Lipinski definition) is 3. The minimum absolute atomic E-state index is 0.0899. The molecule has 0 radical (unpaired) electrons. The Bertz CT molecular complexity index is 1220. The fourth-order valence-corrected chi connectivity index (χ4v) is 5.02. The molecule has 3 aromatic rings. The van der Waals surface area contributed by atoms with Crippen molar-refractivity contribution >= 4 is 50.7 Å². The third-order valence-corrected chi connectivity index (χ3v) is 7.54. The summed E-state index contributed by atoms with van der Waals surface area (Å²) >= 11 is 18.4. The van der Waals surface area contributed by atoms with E-state index in [-0.39, 0.29) is 24.5 Å². The molecule has 0 aliphatic heterocycles. The second kappa shape index (κ2) is 10.7. The highest BCUT2D eigenvalue weighted by molar-refractivity contribution is 7.89. The number of benzene rings is 3. The molecule has 0 saturated heterocycles. The summed E-state index contributed by atoms with van der Waals surface area (Å²) in [6.07, 6.45) is 0. The lowest BCUT2D eigenvalue weighted by molar-refractivity contribution is -0.121. The van der Waals surface area contributed by atoms with E-state index in [0.29, 0.717) is 20.6 Å². The molecule has 0 unspecified atom stereocenters. The van der Waals surface area contributed by atoms with Crippen molar-refractivity contribution in [3.05, 3.63) is 98.5 Å². The molecule has 5 nitrogen and oxygen atoms in total. The number of carbonyl (C=O) groups is 1. The molecule has 9 heteroatoms. The van der Waals surface area contributed by atoms with E-state index in [4.69, 9.17) is 34.8 Å². The number of carbonyl (C=O) groups excluding carboxylic acids is 1. The predicted molar refractivity (Wildman–Crippen MR) is 129 cm³/mol. The quantitative estimate of drug-likeness (QED) is 0.436. The van der Waals surface area contributed by atoms with E-state index in [9.17, 15) is 13.2 Å². The molecule has 0 heterocycles. The molecule has 0 aromatic heterocycles.